The number of anilines is 6. The van der Waals surface area contributed by atoms with Gasteiger partial charge in [0.2, 0.25) is 0 Å². The lowest BCUT2D eigenvalue weighted by atomic mass is 9.86. The molecule has 0 amide bonds. The van der Waals surface area contributed by atoms with Crippen LogP contribution >= 0.6 is 0 Å². The van der Waals surface area contributed by atoms with Crippen molar-refractivity contribution in [3.8, 4) is 0 Å². The largest absolute Gasteiger partial charge is 0.310 e. The van der Waals surface area contributed by atoms with E-state index in [2.05, 4.69) is 0 Å². The van der Waals surface area contributed by atoms with E-state index < -0.39 is 154 Å². The quantitative estimate of drug-likeness (QED) is 0.151. The van der Waals surface area contributed by atoms with Crippen LogP contribution in [0.1, 0.15) is 136 Å². The van der Waals surface area contributed by atoms with Crippen molar-refractivity contribution < 1.29 is 32.9 Å². The van der Waals surface area contributed by atoms with Crippen LogP contribution in [0.5, 0.6) is 0 Å². The van der Waals surface area contributed by atoms with Crippen LogP contribution in [0, 0.1) is 0 Å². The monoisotopic (exact) mass is 959 g/mol. The first kappa shape index (κ1) is 25.5. The second-order valence-electron chi connectivity index (χ2n) is 21.2. The Hall–Kier alpha value is -7.82. The standard InChI is InChI=1S/C68H62N4/c1-41(2)43-21-27-49(28-22-43)69(47-17-13-11-14-18-47)59-35-31-51-53-39-62-54(40-61(53)71-57-33-25-45(67(5,6)7)37-55(57)63(59)65(51)71)52-32-36-60(64-56-38-46(68(8,9)10)26-34-58(56)72(62)66(52)64)70(48-19-15-12-16-20-48)50-29-23-44(24-30-50)42(3)4/h11-42H,1-10H3/i11D,12D,13D,14D,15D,16D,17D,18D,19D,20D,21D,22D,23D,24D,25D,26D,27D,28D,29D,30D,33D,34D,37D,38D. The second kappa shape index (κ2) is 15.8. The molecule has 72 heavy (non-hydrogen) atoms. The third-order valence-corrected chi connectivity index (χ3v) is 13.7. The van der Waals surface area contributed by atoms with Crippen molar-refractivity contribution in [2.24, 2.45) is 0 Å². The van der Waals surface area contributed by atoms with E-state index in [1.165, 1.54) is 12.1 Å². The van der Waals surface area contributed by atoms with E-state index in [0.29, 0.717) is 32.6 Å². The molecule has 0 aliphatic rings. The summed E-state index contributed by atoms with van der Waals surface area (Å²) in [6, 6.07) is -3.62. The van der Waals surface area contributed by atoms with E-state index in [-0.39, 0.29) is 113 Å². The summed E-state index contributed by atoms with van der Waals surface area (Å²) in [5.41, 5.74) is -2.36. The highest BCUT2D eigenvalue weighted by Crippen LogP contribution is 2.52. The van der Waals surface area contributed by atoms with Crippen molar-refractivity contribution in [3.05, 3.63) is 204 Å². The van der Waals surface area contributed by atoms with Crippen molar-refractivity contribution >= 4 is 110 Å². The van der Waals surface area contributed by atoms with Gasteiger partial charge in [-0.2, -0.15) is 0 Å². The maximum Gasteiger partial charge on any atom is 0.0645 e. The molecule has 0 radical (unpaired) electrons. The fourth-order valence-electron chi connectivity index (χ4n) is 10.1. The average Bonchev–Trinajstić information content (AvgIpc) is 1.50. The lowest BCUT2D eigenvalue weighted by molar-refractivity contribution is 0.591. The second-order valence-corrected chi connectivity index (χ2v) is 21.2. The molecule has 0 spiro atoms. The number of hydrogen-bond acceptors (Lipinski definition) is 2. The summed E-state index contributed by atoms with van der Waals surface area (Å²) in [4.78, 5) is 2.21. The molecule has 9 aromatic carbocycles. The van der Waals surface area contributed by atoms with Gasteiger partial charge in [0.05, 0.1) is 77.4 Å². The number of fused-ring (bicyclic) bond motifs is 12. The Bertz CT molecular complexity index is 5230. The number of rotatable bonds is 8. The fourth-order valence-corrected chi connectivity index (χ4v) is 10.1. The summed E-state index contributed by atoms with van der Waals surface area (Å²) in [6.07, 6.45) is 0. The Morgan fingerprint density at radius 3 is 1.10 bits per heavy atom. The van der Waals surface area contributed by atoms with E-state index >= 15 is 0 Å². The maximum absolute atomic E-state index is 10.2. The van der Waals surface area contributed by atoms with Crippen LogP contribution in [0.25, 0.3) is 76.2 Å². The highest BCUT2D eigenvalue weighted by Gasteiger charge is 2.29. The number of nitrogens with zero attached hydrogens (tertiary/aromatic N) is 4. The number of aromatic nitrogens is 2. The summed E-state index contributed by atoms with van der Waals surface area (Å²) >= 11 is 0. The van der Waals surface area contributed by atoms with Crippen molar-refractivity contribution in [1.82, 2.24) is 8.80 Å². The van der Waals surface area contributed by atoms with Crippen LogP contribution in [0.4, 0.5) is 34.1 Å². The number of para-hydroxylation sites is 2. The molecule has 13 rings (SSSR count). The van der Waals surface area contributed by atoms with Gasteiger partial charge in [0.15, 0.2) is 0 Å². The molecule has 0 N–H and O–H groups in total. The van der Waals surface area contributed by atoms with Gasteiger partial charge in [-0.1, -0.05) is 154 Å². The zero-order valence-electron chi connectivity index (χ0n) is 65.4. The Morgan fingerprint density at radius 2 is 0.750 bits per heavy atom. The molecule has 0 saturated carbocycles. The Kier molecular flexibility index (Phi) is 5.62. The third-order valence-electron chi connectivity index (χ3n) is 13.7. The normalized spacial score (nSPS) is 17.5. The van der Waals surface area contributed by atoms with E-state index in [0.717, 1.165) is 9.80 Å². The van der Waals surface area contributed by atoms with Gasteiger partial charge in [-0.15, -0.1) is 0 Å². The maximum atomic E-state index is 10.2. The molecule has 0 bridgehead atoms. The minimum Gasteiger partial charge on any atom is -0.310 e. The smallest absolute Gasteiger partial charge is 0.0645 e. The van der Waals surface area contributed by atoms with Crippen molar-refractivity contribution in [3.63, 3.8) is 0 Å². The molecule has 0 atom stereocenters. The average molecular weight is 959 g/mol. The molecule has 4 heteroatoms. The van der Waals surface area contributed by atoms with Crippen LogP contribution in [0.2, 0.25) is 0 Å². The van der Waals surface area contributed by atoms with Gasteiger partial charge in [-0.05, 0) is 142 Å². The van der Waals surface area contributed by atoms with Gasteiger partial charge in [0, 0.05) is 65.8 Å². The molecule has 13 aromatic rings. The van der Waals surface area contributed by atoms with E-state index in [1.807, 2.05) is 0 Å². The van der Waals surface area contributed by atoms with E-state index in [9.17, 15) is 24.7 Å². The van der Waals surface area contributed by atoms with Crippen LogP contribution in [0.15, 0.2) is 181 Å². The lowest BCUT2D eigenvalue weighted by Gasteiger charge is -2.27. The molecule has 4 aromatic heterocycles. The molecule has 0 saturated heterocycles. The molecule has 0 aliphatic heterocycles. The molecule has 0 aliphatic carbocycles. The van der Waals surface area contributed by atoms with Crippen molar-refractivity contribution in [2.45, 2.75) is 91.9 Å². The topological polar surface area (TPSA) is 15.3 Å². The molecule has 4 heterocycles. The van der Waals surface area contributed by atoms with Gasteiger partial charge >= 0.3 is 0 Å². The van der Waals surface area contributed by atoms with Gasteiger partial charge < -0.3 is 18.6 Å². The number of benzene rings is 9. The first-order valence-electron chi connectivity index (χ1n) is 36.0. The highest BCUT2D eigenvalue weighted by molar-refractivity contribution is 6.32. The SMILES string of the molecule is [2H]c1c([2H])c([2H])c(N(c2c([2H])c([2H])c(C(C)C)c([2H])c2[2H])c2ccc3c4cc5c(cc4n4c6c([2H])c([2H])c(C(C)(C)C)c([2H])c6c2c34)c2ccc(N(c3c([2H])c([2H])c([2H])c([2H])c3[2H])c3c([2H])c([2H])c(C(C)C)c([2H])c3[2H])c3c4c([2H])c(C(C)(C)C)c([2H])c([2H])c4n5c23)c([2H])c1[2H]. The predicted octanol–water partition coefficient (Wildman–Crippen LogP) is 19.8. The Morgan fingerprint density at radius 1 is 0.389 bits per heavy atom. The summed E-state index contributed by atoms with van der Waals surface area (Å²) < 4.78 is 230. The van der Waals surface area contributed by atoms with Crippen LogP contribution in [-0.4, -0.2) is 8.80 Å². The first-order valence-corrected chi connectivity index (χ1v) is 24.0. The molecule has 0 fully saturated rings. The molecular formula is C68H62N4. The minimum absolute atomic E-state index is 0.0261. The Labute approximate surface area is 456 Å². The van der Waals surface area contributed by atoms with Crippen LogP contribution in [0.3, 0.4) is 0 Å². The van der Waals surface area contributed by atoms with Gasteiger partial charge in [-0.3, -0.25) is 0 Å². The third kappa shape index (κ3) is 6.57. The van der Waals surface area contributed by atoms with Gasteiger partial charge in [-0.25, -0.2) is 0 Å². The van der Waals surface area contributed by atoms with Crippen molar-refractivity contribution in [1.29, 1.82) is 0 Å². The molecule has 0 unspecified atom stereocenters. The Balaban J connectivity index is 1.27. The number of hydrogen-bond donors (Lipinski definition) is 0. The molecule has 4 nitrogen and oxygen atoms in total. The zero-order valence-corrected chi connectivity index (χ0v) is 41.4. The van der Waals surface area contributed by atoms with Crippen molar-refractivity contribution in [2.75, 3.05) is 9.80 Å². The molecular weight excluding hydrogens is 873 g/mol. The summed E-state index contributed by atoms with van der Waals surface area (Å²) in [7, 11) is 0. The van der Waals surface area contributed by atoms with E-state index in [4.69, 9.17) is 8.22 Å². The zero-order chi connectivity index (χ0) is 70.4. The minimum atomic E-state index is -0.960. The van der Waals surface area contributed by atoms with Crippen LogP contribution in [-0.2, 0) is 10.8 Å². The summed E-state index contributed by atoms with van der Waals surface area (Å²) in [5, 5.41) is 2.06. The highest BCUT2D eigenvalue weighted by atomic mass is 15.2. The summed E-state index contributed by atoms with van der Waals surface area (Å²) in [5.74, 6) is -1.05. The molecule has 354 valence electrons. The fraction of sp³-hybridized carbons (Fsp3) is 0.206. The van der Waals surface area contributed by atoms with E-state index in [1.54, 1.807) is 102 Å². The summed E-state index contributed by atoms with van der Waals surface area (Å²) in [6.45, 7) is 17.5. The first-order chi connectivity index (χ1) is 44.7. The van der Waals surface area contributed by atoms with Crippen LogP contribution < -0.4 is 9.80 Å². The van der Waals surface area contributed by atoms with Gasteiger partial charge in [0.1, 0.15) is 0 Å². The lowest BCUT2D eigenvalue weighted by Crippen LogP contribution is -2.11. The predicted molar refractivity (Wildman–Crippen MR) is 311 cm³/mol. The van der Waals surface area contributed by atoms with Gasteiger partial charge in [0.25, 0.3) is 0 Å².